The van der Waals surface area contributed by atoms with Gasteiger partial charge in [0.25, 0.3) is 0 Å². The molecule has 0 aliphatic heterocycles. The minimum absolute atomic E-state index is 0. The van der Waals surface area contributed by atoms with Crippen molar-refractivity contribution in [1.29, 1.82) is 0 Å². The Morgan fingerprint density at radius 1 is 1.20 bits per heavy atom. The summed E-state index contributed by atoms with van der Waals surface area (Å²) in [5, 5.41) is 0. The fourth-order valence-corrected chi connectivity index (χ4v) is 0.167. The molecule has 0 atom stereocenters. The van der Waals surface area contributed by atoms with Gasteiger partial charge in [-0.05, 0) is 26.7 Å². The molecule has 0 saturated heterocycles. The largest absolute Gasteiger partial charge is 1.00 e. The van der Waals surface area contributed by atoms with E-state index in [0.29, 0.717) is 0 Å². The van der Waals surface area contributed by atoms with Crippen molar-refractivity contribution in [2.45, 2.75) is 26.7 Å². The van der Waals surface area contributed by atoms with Gasteiger partial charge in [-0.25, -0.2) is 0 Å². The normalized spacial score (nSPS) is 10.6. The standard InChI is InChI=1S/C4H6.C3H6O.2Li.2H/c1-2-4-3-1;1-3(2)4;;;;/h1-2H,3-4H2;1-2H3;;;;/q;;2*+1;2*-1. The smallest absolute Gasteiger partial charge is 1.00 e. The van der Waals surface area contributed by atoms with E-state index in [2.05, 4.69) is 12.2 Å². The van der Waals surface area contributed by atoms with E-state index < -0.39 is 0 Å². The molecule has 0 fully saturated rings. The van der Waals surface area contributed by atoms with Gasteiger partial charge in [0.05, 0.1) is 0 Å². The third kappa shape index (κ3) is 23.5. The number of carbonyl (C=O) groups is 1. The Balaban J connectivity index is -0.0000000204. The molecule has 0 aromatic heterocycles. The first kappa shape index (κ1) is 16.9. The van der Waals surface area contributed by atoms with E-state index in [1.54, 1.807) is 0 Å². The van der Waals surface area contributed by atoms with Crippen molar-refractivity contribution in [2.75, 3.05) is 0 Å². The van der Waals surface area contributed by atoms with Gasteiger partial charge < -0.3 is 7.65 Å². The third-order valence-electron chi connectivity index (χ3n) is 0.667. The second kappa shape index (κ2) is 12.3. The second-order valence-corrected chi connectivity index (χ2v) is 1.96. The maximum Gasteiger partial charge on any atom is 1.00 e. The van der Waals surface area contributed by atoms with Crippen LogP contribution in [0.25, 0.3) is 0 Å². The van der Waals surface area contributed by atoms with Crippen LogP contribution >= 0.6 is 0 Å². The van der Waals surface area contributed by atoms with Gasteiger partial charge in [0.15, 0.2) is 0 Å². The second-order valence-electron chi connectivity index (χ2n) is 1.96. The molecule has 0 aromatic carbocycles. The maximum atomic E-state index is 9.44. The third-order valence-corrected chi connectivity index (χ3v) is 0.667. The molecule has 0 amide bonds. The Kier molecular flexibility index (Phi) is 20.8. The molecule has 1 nitrogen and oxygen atoms in total. The zero-order valence-corrected chi connectivity index (χ0v) is 7.48. The van der Waals surface area contributed by atoms with Crippen LogP contribution in [-0.4, -0.2) is 5.78 Å². The molecule has 50 valence electrons. The predicted molar refractivity (Wildman–Crippen MR) is 37.0 cm³/mol. The number of rotatable bonds is 0. The quantitative estimate of drug-likeness (QED) is 0.241. The first-order valence-electron chi connectivity index (χ1n) is 2.85. The van der Waals surface area contributed by atoms with Crippen molar-refractivity contribution in [1.82, 2.24) is 0 Å². The fraction of sp³-hybridized carbons (Fsp3) is 0.571. The van der Waals surface area contributed by atoms with Gasteiger partial charge in [-0.3, -0.25) is 0 Å². The fourth-order valence-electron chi connectivity index (χ4n) is 0.167. The number of ketones is 1. The molecule has 10 heavy (non-hydrogen) atoms. The molecule has 0 spiro atoms. The molecule has 1 aliphatic rings. The number of allylic oxidation sites excluding steroid dienone is 2. The zero-order chi connectivity index (χ0) is 6.41. The van der Waals surface area contributed by atoms with Crippen LogP contribution in [0.2, 0.25) is 0 Å². The predicted octanol–water partition coefficient (Wildman–Crippen LogP) is -3.84. The molecule has 0 heterocycles. The van der Waals surface area contributed by atoms with E-state index in [-0.39, 0.29) is 46.4 Å². The average Bonchev–Trinajstić information content (AvgIpc) is 1.19. The molecule has 0 radical (unpaired) electrons. The first-order valence-corrected chi connectivity index (χ1v) is 2.85. The molecule has 0 saturated carbocycles. The van der Waals surface area contributed by atoms with Crippen molar-refractivity contribution in [3.8, 4) is 0 Å². The Hall–Kier alpha value is 0.605. The van der Waals surface area contributed by atoms with Crippen molar-refractivity contribution < 1.29 is 45.4 Å². The summed E-state index contributed by atoms with van der Waals surface area (Å²) in [4.78, 5) is 9.44. The molecule has 0 N–H and O–H groups in total. The van der Waals surface area contributed by atoms with E-state index >= 15 is 0 Å². The van der Waals surface area contributed by atoms with Crippen LogP contribution in [0.3, 0.4) is 0 Å². The first-order chi connectivity index (χ1) is 3.73. The molecule has 0 aromatic rings. The van der Waals surface area contributed by atoms with Gasteiger partial charge >= 0.3 is 37.7 Å². The summed E-state index contributed by atoms with van der Waals surface area (Å²) < 4.78 is 0. The van der Waals surface area contributed by atoms with Crippen molar-refractivity contribution in [3.05, 3.63) is 12.2 Å². The monoisotopic (exact) mass is 128 g/mol. The van der Waals surface area contributed by atoms with Gasteiger partial charge in [0, 0.05) is 0 Å². The van der Waals surface area contributed by atoms with Crippen LogP contribution in [0.15, 0.2) is 12.2 Å². The molecule has 1 aliphatic carbocycles. The Labute approximate surface area is 90.0 Å². The van der Waals surface area contributed by atoms with Crippen LogP contribution in [0, 0.1) is 0 Å². The van der Waals surface area contributed by atoms with Gasteiger partial charge in [-0.15, -0.1) is 0 Å². The van der Waals surface area contributed by atoms with Gasteiger partial charge in [0.1, 0.15) is 5.78 Å². The summed E-state index contributed by atoms with van der Waals surface area (Å²) >= 11 is 0. The van der Waals surface area contributed by atoms with Gasteiger partial charge in [0.2, 0.25) is 0 Å². The van der Waals surface area contributed by atoms with Gasteiger partial charge in [-0.1, -0.05) is 12.2 Å². The topological polar surface area (TPSA) is 17.1 Å². The summed E-state index contributed by atoms with van der Waals surface area (Å²) in [5.41, 5.74) is 0. The van der Waals surface area contributed by atoms with Gasteiger partial charge in [-0.2, -0.15) is 0 Å². The number of hydrogen-bond donors (Lipinski definition) is 0. The molecular weight excluding hydrogens is 114 g/mol. The van der Waals surface area contributed by atoms with E-state index in [1.807, 2.05) is 0 Å². The van der Waals surface area contributed by atoms with E-state index in [9.17, 15) is 4.79 Å². The Morgan fingerprint density at radius 2 is 1.30 bits per heavy atom. The maximum absolute atomic E-state index is 9.44. The molecule has 1 rings (SSSR count). The summed E-state index contributed by atoms with van der Waals surface area (Å²) in [6, 6.07) is 0. The van der Waals surface area contributed by atoms with E-state index in [1.165, 1.54) is 26.7 Å². The minimum Gasteiger partial charge on any atom is -1.00 e. The molecule has 0 unspecified atom stereocenters. The Morgan fingerprint density at radius 3 is 1.30 bits per heavy atom. The van der Waals surface area contributed by atoms with Crippen LogP contribution < -0.4 is 37.7 Å². The van der Waals surface area contributed by atoms with Crippen molar-refractivity contribution >= 4 is 5.78 Å². The summed E-state index contributed by atoms with van der Waals surface area (Å²) in [6.07, 6.45) is 7.00. The van der Waals surface area contributed by atoms with Crippen molar-refractivity contribution in [3.63, 3.8) is 0 Å². The molecule has 0 bridgehead atoms. The van der Waals surface area contributed by atoms with Crippen LogP contribution in [-0.2, 0) is 4.79 Å². The average molecular weight is 128 g/mol. The summed E-state index contributed by atoms with van der Waals surface area (Å²) in [6.45, 7) is 3.06. The SMILES string of the molecule is C1=CCC1.CC(C)=O.[H-].[H-].[Li+].[Li+]. The minimum atomic E-state index is 0. The summed E-state index contributed by atoms with van der Waals surface area (Å²) in [7, 11) is 0. The van der Waals surface area contributed by atoms with Crippen LogP contribution in [0.4, 0.5) is 0 Å². The number of hydrogen-bond acceptors (Lipinski definition) is 1. The van der Waals surface area contributed by atoms with E-state index in [4.69, 9.17) is 0 Å². The number of Topliss-reactive ketones (excluding diaryl/α,β-unsaturated/α-hetero) is 1. The molecule has 3 heteroatoms. The van der Waals surface area contributed by atoms with Crippen LogP contribution in [0.5, 0.6) is 0 Å². The Bertz CT molecular complexity index is 97.6. The summed E-state index contributed by atoms with van der Waals surface area (Å²) in [5.74, 6) is 0.167. The van der Waals surface area contributed by atoms with Crippen molar-refractivity contribution in [2.24, 2.45) is 0 Å². The number of carbonyl (C=O) groups excluding carboxylic acids is 1. The molecular formula is C7H14Li2O. The van der Waals surface area contributed by atoms with Crippen LogP contribution in [0.1, 0.15) is 29.5 Å². The van der Waals surface area contributed by atoms with E-state index in [0.717, 1.165) is 0 Å². The zero-order valence-electron chi connectivity index (χ0n) is 9.48.